The van der Waals surface area contributed by atoms with E-state index < -0.39 is 0 Å². The first kappa shape index (κ1) is 12.4. The van der Waals surface area contributed by atoms with Crippen molar-refractivity contribution in [2.45, 2.75) is 13.8 Å². The maximum atomic E-state index is 3.87. The zero-order valence-corrected chi connectivity index (χ0v) is 11.0. The van der Waals surface area contributed by atoms with Gasteiger partial charge >= 0.3 is 0 Å². The lowest BCUT2D eigenvalue weighted by molar-refractivity contribution is 1.42. The van der Waals surface area contributed by atoms with E-state index in [1.807, 2.05) is 12.2 Å². The van der Waals surface area contributed by atoms with Crippen molar-refractivity contribution in [2.24, 2.45) is 0 Å². The maximum absolute atomic E-state index is 3.87. The second kappa shape index (κ2) is 5.05. The smallest absolute Gasteiger partial charge is 0.0148 e. The summed E-state index contributed by atoms with van der Waals surface area (Å²) in [5.74, 6) is 0. The van der Waals surface area contributed by atoms with E-state index in [0.29, 0.717) is 0 Å². The number of benzene rings is 2. The van der Waals surface area contributed by atoms with Crippen LogP contribution in [0.4, 0.5) is 0 Å². The van der Waals surface area contributed by atoms with Gasteiger partial charge in [0.25, 0.3) is 0 Å². The Morgan fingerprint density at radius 1 is 0.833 bits per heavy atom. The number of hydrogen-bond donors (Lipinski definition) is 0. The van der Waals surface area contributed by atoms with Gasteiger partial charge in [0.1, 0.15) is 0 Å². The summed E-state index contributed by atoms with van der Waals surface area (Å²) in [5.41, 5.74) is 7.32. The van der Waals surface area contributed by atoms with Gasteiger partial charge in [-0.2, -0.15) is 0 Å². The van der Waals surface area contributed by atoms with Crippen LogP contribution in [0.15, 0.2) is 49.6 Å². The Morgan fingerprint density at radius 3 is 1.94 bits per heavy atom. The molecule has 0 heterocycles. The van der Waals surface area contributed by atoms with E-state index in [1.165, 1.54) is 22.3 Å². The standard InChI is InChI=1S/C18H18/c1-5-15-11-14(4)18(12-16(15)6-2)17-9-7-13(3)8-10-17/h5-12H,1-2H2,3-4H3. The Labute approximate surface area is 109 Å². The molecule has 0 atom stereocenters. The van der Waals surface area contributed by atoms with Gasteiger partial charge in [0.2, 0.25) is 0 Å². The van der Waals surface area contributed by atoms with Crippen molar-refractivity contribution < 1.29 is 0 Å². The molecule has 2 aromatic carbocycles. The van der Waals surface area contributed by atoms with Crippen LogP contribution in [-0.4, -0.2) is 0 Å². The van der Waals surface area contributed by atoms with Crippen molar-refractivity contribution in [3.8, 4) is 11.1 Å². The predicted molar refractivity (Wildman–Crippen MR) is 81.5 cm³/mol. The quantitative estimate of drug-likeness (QED) is 0.679. The summed E-state index contributed by atoms with van der Waals surface area (Å²) in [6.45, 7) is 12.0. The number of rotatable bonds is 3. The van der Waals surface area contributed by atoms with Crippen LogP contribution in [0.3, 0.4) is 0 Å². The second-order valence-corrected chi connectivity index (χ2v) is 4.57. The summed E-state index contributed by atoms with van der Waals surface area (Å²) in [6, 6.07) is 13.0. The van der Waals surface area contributed by atoms with Gasteiger partial charge in [-0.1, -0.05) is 61.2 Å². The Morgan fingerprint density at radius 2 is 1.39 bits per heavy atom. The molecular weight excluding hydrogens is 216 g/mol. The summed E-state index contributed by atoms with van der Waals surface area (Å²) < 4.78 is 0. The number of aryl methyl sites for hydroxylation is 2. The first-order chi connectivity index (χ1) is 8.65. The molecule has 0 fully saturated rings. The molecule has 2 aromatic rings. The maximum Gasteiger partial charge on any atom is -0.0148 e. The SMILES string of the molecule is C=Cc1cc(C)c(-c2ccc(C)cc2)cc1C=C. The van der Waals surface area contributed by atoms with Crippen LogP contribution in [-0.2, 0) is 0 Å². The molecule has 2 rings (SSSR count). The van der Waals surface area contributed by atoms with Gasteiger partial charge in [-0.05, 0) is 47.7 Å². The Kier molecular flexibility index (Phi) is 3.47. The topological polar surface area (TPSA) is 0 Å². The van der Waals surface area contributed by atoms with E-state index in [2.05, 4.69) is 63.4 Å². The first-order valence-corrected chi connectivity index (χ1v) is 6.12. The lowest BCUT2D eigenvalue weighted by Gasteiger charge is -2.11. The van der Waals surface area contributed by atoms with Crippen LogP contribution in [0.2, 0.25) is 0 Å². The summed E-state index contributed by atoms with van der Waals surface area (Å²) >= 11 is 0. The number of hydrogen-bond acceptors (Lipinski definition) is 0. The zero-order valence-electron chi connectivity index (χ0n) is 11.0. The monoisotopic (exact) mass is 234 g/mol. The van der Waals surface area contributed by atoms with Gasteiger partial charge in [-0.15, -0.1) is 0 Å². The molecule has 0 spiro atoms. The van der Waals surface area contributed by atoms with Gasteiger partial charge in [-0.25, -0.2) is 0 Å². The highest BCUT2D eigenvalue weighted by Gasteiger charge is 2.05. The molecular formula is C18H18. The molecule has 0 aliphatic carbocycles. The fraction of sp³-hybridized carbons (Fsp3) is 0.111. The van der Waals surface area contributed by atoms with E-state index in [4.69, 9.17) is 0 Å². The molecule has 0 heteroatoms. The van der Waals surface area contributed by atoms with E-state index in [0.717, 1.165) is 11.1 Å². The molecule has 0 amide bonds. The summed E-state index contributed by atoms with van der Waals surface area (Å²) in [5, 5.41) is 0. The fourth-order valence-corrected chi connectivity index (χ4v) is 2.14. The highest BCUT2D eigenvalue weighted by molar-refractivity contribution is 5.75. The second-order valence-electron chi connectivity index (χ2n) is 4.57. The minimum atomic E-state index is 1.13. The van der Waals surface area contributed by atoms with Crippen LogP contribution < -0.4 is 0 Å². The third kappa shape index (κ3) is 2.28. The van der Waals surface area contributed by atoms with Crippen molar-refractivity contribution in [3.63, 3.8) is 0 Å². The normalized spacial score (nSPS) is 10.1. The summed E-state index contributed by atoms with van der Waals surface area (Å²) in [6.07, 6.45) is 3.76. The Bertz CT molecular complexity index is 586. The van der Waals surface area contributed by atoms with Crippen molar-refractivity contribution in [3.05, 3.63) is 71.8 Å². The van der Waals surface area contributed by atoms with Crippen molar-refractivity contribution >= 4 is 12.2 Å². The molecule has 0 N–H and O–H groups in total. The third-order valence-electron chi connectivity index (χ3n) is 3.23. The van der Waals surface area contributed by atoms with Gasteiger partial charge in [0, 0.05) is 0 Å². The fourth-order valence-electron chi connectivity index (χ4n) is 2.14. The van der Waals surface area contributed by atoms with Crippen LogP contribution in [0.25, 0.3) is 23.3 Å². The van der Waals surface area contributed by atoms with E-state index in [9.17, 15) is 0 Å². The summed E-state index contributed by atoms with van der Waals surface area (Å²) in [4.78, 5) is 0. The molecule has 0 saturated heterocycles. The van der Waals surface area contributed by atoms with Crippen molar-refractivity contribution in [1.82, 2.24) is 0 Å². The van der Waals surface area contributed by atoms with E-state index in [1.54, 1.807) is 0 Å². The minimum Gasteiger partial charge on any atom is -0.0984 e. The van der Waals surface area contributed by atoms with Crippen LogP contribution in [0, 0.1) is 13.8 Å². The van der Waals surface area contributed by atoms with Gasteiger partial charge < -0.3 is 0 Å². The molecule has 0 aromatic heterocycles. The lowest BCUT2D eigenvalue weighted by atomic mass is 9.94. The van der Waals surface area contributed by atoms with Gasteiger partial charge in [-0.3, -0.25) is 0 Å². The molecule has 90 valence electrons. The highest BCUT2D eigenvalue weighted by Crippen LogP contribution is 2.28. The first-order valence-electron chi connectivity index (χ1n) is 6.12. The average molecular weight is 234 g/mol. The minimum absolute atomic E-state index is 1.13. The molecule has 0 unspecified atom stereocenters. The zero-order chi connectivity index (χ0) is 13.1. The van der Waals surface area contributed by atoms with E-state index >= 15 is 0 Å². The molecule has 0 bridgehead atoms. The van der Waals surface area contributed by atoms with Gasteiger partial charge in [0.05, 0.1) is 0 Å². The summed E-state index contributed by atoms with van der Waals surface area (Å²) in [7, 11) is 0. The Balaban J connectivity index is 2.60. The van der Waals surface area contributed by atoms with Crippen molar-refractivity contribution in [2.75, 3.05) is 0 Å². The average Bonchev–Trinajstić information content (AvgIpc) is 2.39. The molecule has 0 nitrogen and oxygen atoms in total. The molecule has 18 heavy (non-hydrogen) atoms. The van der Waals surface area contributed by atoms with Gasteiger partial charge in [0.15, 0.2) is 0 Å². The van der Waals surface area contributed by atoms with Crippen LogP contribution in [0.5, 0.6) is 0 Å². The molecule has 0 aliphatic heterocycles. The highest BCUT2D eigenvalue weighted by atomic mass is 14.1. The molecule has 0 aliphatic rings. The molecule has 0 saturated carbocycles. The van der Waals surface area contributed by atoms with E-state index in [-0.39, 0.29) is 0 Å². The predicted octanol–water partition coefficient (Wildman–Crippen LogP) is 5.26. The largest absolute Gasteiger partial charge is 0.0984 e. The third-order valence-corrected chi connectivity index (χ3v) is 3.23. The van der Waals surface area contributed by atoms with Crippen molar-refractivity contribution in [1.29, 1.82) is 0 Å². The molecule has 0 radical (unpaired) electrons. The lowest BCUT2D eigenvalue weighted by Crippen LogP contribution is -1.89. The Hall–Kier alpha value is -2.08. The van der Waals surface area contributed by atoms with Crippen LogP contribution in [0.1, 0.15) is 22.3 Å². The van der Waals surface area contributed by atoms with Crippen LogP contribution >= 0.6 is 0 Å².